The Morgan fingerprint density at radius 3 is 2.50 bits per heavy atom. The van der Waals surface area contributed by atoms with Crippen molar-refractivity contribution in [3.8, 4) is 0 Å². The fourth-order valence-electron chi connectivity index (χ4n) is 1.54. The van der Waals surface area contributed by atoms with Crippen molar-refractivity contribution in [1.29, 1.82) is 0 Å². The largest absolute Gasteiger partial charge is 0.204 e. The normalized spacial score (nSPS) is 16.5. The first-order valence-corrected chi connectivity index (χ1v) is 4.13. The van der Waals surface area contributed by atoms with Crippen molar-refractivity contribution in [3.63, 3.8) is 0 Å². The van der Waals surface area contributed by atoms with Gasteiger partial charge in [-0.15, -0.1) is 0 Å². The number of hydrogen-bond donors (Lipinski definition) is 0. The average molecular weight is 167 g/mol. The molecular formula is C11H18N+. The molecule has 0 N–H and O–H groups in total. The Morgan fingerprint density at radius 2 is 2.08 bits per heavy atom. The van der Waals surface area contributed by atoms with Crippen LogP contribution in [0.25, 0.3) is 0 Å². The molecule has 12 heavy (non-hydrogen) atoms. The van der Waals surface area contributed by atoms with Crippen LogP contribution in [-0.2, 0) is 12.5 Å². The third-order valence-corrected chi connectivity index (χ3v) is 1.89. The minimum absolute atomic E-state index is 0.167. The Hall–Kier alpha value is -0.850. The molecule has 1 rings (SSSR count). The summed E-state index contributed by atoms with van der Waals surface area (Å²) >= 11 is 0. The smallest absolute Gasteiger partial charge is 0.189 e. The van der Waals surface area contributed by atoms with Crippen LogP contribution in [-0.4, -0.2) is 0 Å². The standard InChI is InChI=1S/C11H18N/c1-9-7-6-8-12(5)10(9)11(2,3)4/h6-8H,1-5H3/q+1/i1D3. The maximum atomic E-state index is 7.51. The predicted molar refractivity (Wildman–Crippen MR) is 51.1 cm³/mol. The molecule has 1 nitrogen and oxygen atoms in total. The SMILES string of the molecule is [2H]C([2H])([2H])c1ccc[n+](C)c1C(C)(C)C. The zero-order chi connectivity index (χ0) is 11.9. The molecule has 0 bridgehead atoms. The summed E-state index contributed by atoms with van der Waals surface area (Å²) in [6, 6.07) is 3.46. The van der Waals surface area contributed by atoms with Gasteiger partial charge >= 0.3 is 0 Å². The van der Waals surface area contributed by atoms with E-state index >= 15 is 0 Å². The van der Waals surface area contributed by atoms with Gasteiger partial charge in [0.1, 0.15) is 7.05 Å². The summed E-state index contributed by atoms with van der Waals surface area (Å²) in [5.74, 6) is 0. The van der Waals surface area contributed by atoms with Crippen LogP contribution in [0.5, 0.6) is 0 Å². The molecule has 0 aliphatic carbocycles. The Balaban J connectivity index is 3.48. The van der Waals surface area contributed by atoms with Crippen molar-refractivity contribution in [2.75, 3.05) is 0 Å². The fourth-order valence-corrected chi connectivity index (χ4v) is 1.54. The maximum Gasteiger partial charge on any atom is 0.189 e. The molecule has 0 fully saturated rings. The highest BCUT2D eigenvalue weighted by atomic mass is 14.9. The second kappa shape index (κ2) is 2.89. The molecule has 0 radical (unpaired) electrons. The zero-order valence-electron chi connectivity index (χ0n) is 11.2. The van der Waals surface area contributed by atoms with E-state index in [-0.39, 0.29) is 5.41 Å². The minimum Gasteiger partial charge on any atom is -0.204 e. The predicted octanol–water partition coefficient (Wildman–Crippen LogP) is 2.12. The number of pyridine rings is 1. The molecule has 0 unspecified atom stereocenters. The highest BCUT2D eigenvalue weighted by Crippen LogP contribution is 2.20. The number of rotatable bonds is 0. The third kappa shape index (κ3) is 1.66. The molecule has 0 spiro atoms. The summed E-state index contributed by atoms with van der Waals surface area (Å²) in [6.07, 6.45) is 1.88. The van der Waals surface area contributed by atoms with Crippen molar-refractivity contribution in [3.05, 3.63) is 29.6 Å². The molecule has 0 aromatic carbocycles. The highest BCUT2D eigenvalue weighted by Gasteiger charge is 2.25. The first-order chi connectivity index (χ1) is 6.64. The van der Waals surface area contributed by atoms with Gasteiger partial charge in [-0.05, 0) is 12.9 Å². The average Bonchev–Trinajstić information content (AvgIpc) is 1.99. The van der Waals surface area contributed by atoms with E-state index in [4.69, 9.17) is 4.11 Å². The molecule has 1 aromatic rings. The topological polar surface area (TPSA) is 3.88 Å². The van der Waals surface area contributed by atoms with Gasteiger partial charge in [-0.25, -0.2) is 4.57 Å². The van der Waals surface area contributed by atoms with E-state index in [0.717, 1.165) is 5.69 Å². The van der Waals surface area contributed by atoms with E-state index in [9.17, 15) is 0 Å². The number of aromatic nitrogens is 1. The van der Waals surface area contributed by atoms with Crippen molar-refractivity contribution in [2.45, 2.75) is 33.0 Å². The van der Waals surface area contributed by atoms with Gasteiger partial charge < -0.3 is 0 Å². The zero-order valence-corrected chi connectivity index (χ0v) is 8.18. The summed E-state index contributed by atoms with van der Waals surface area (Å²) < 4.78 is 24.4. The van der Waals surface area contributed by atoms with Gasteiger partial charge in [0.15, 0.2) is 11.9 Å². The number of aryl methyl sites for hydroxylation is 2. The van der Waals surface area contributed by atoms with Gasteiger partial charge in [0, 0.05) is 21.2 Å². The minimum atomic E-state index is -2.04. The summed E-state index contributed by atoms with van der Waals surface area (Å²) in [6.45, 7) is 4.04. The molecule has 1 heterocycles. The van der Waals surface area contributed by atoms with Crippen LogP contribution in [0.3, 0.4) is 0 Å². The monoisotopic (exact) mass is 167 g/mol. The Labute approximate surface area is 79.3 Å². The van der Waals surface area contributed by atoms with Gasteiger partial charge in [0.05, 0.1) is 0 Å². The molecule has 0 aliphatic rings. The second-order valence-electron chi connectivity index (χ2n) is 4.13. The lowest BCUT2D eigenvalue weighted by molar-refractivity contribution is -0.682. The van der Waals surface area contributed by atoms with Crippen LogP contribution in [0.4, 0.5) is 0 Å². The van der Waals surface area contributed by atoms with Gasteiger partial charge in [-0.3, -0.25) is 0 Å². The van der Waals surface area contributed by atoms with E-state index in [1.54, 1.807) is 12.1 Å². The number of nitrogens with zero attached hydrogens (tertiary/aromatic N) is 1. The van der Waals surface area contributed by atoms with E-state index in [2.05, 4.69) is 0 Å². The molecule has 0 atom stereocenters. The summed E-state index contributed by atoms with van der Waals surface area (Å²) in [7, 11) is 1.88. The molecule has 1 heteroatoms. The van der Waals surface area contributed by atoms with Gasteiger partial charge in [0.2, 0.25) is 0 Å². The lowest BCUT2D eigenvalue weighted by Gasteiger charge is -2.17. The third-order valence-electron chi connectivity index (χ3n) is 1.89. The molecule has 0 amide bonds. The summed E-state index contributed by atoms with van der Waals surface area (Å²) in [5, 5.41) is 0. The second-order valence-corrected chi connectivity index (χ2v) is 4.13. The quantitative estimate of drug-likeness (QED) is 0.521. The van der Waals surface area contributed by atoms with Crippen LogP contribution in [0.2, 0.25) is 0 Å². The van der Waals surface area contributed by atoms with E-state index in [1.807, 2.05) is 38.6 Å². The first kappa shape index (κ1) is 5.74. The first-order valence-electron chi connectivity index (χ1n) is 5.63. The number of hydrogen-bond acceptors (Lipinski definition) is 0. The Morgan fingerprint density at radius 1 is 1.42 bits per heavy atom. The maximum absolute atomic E-state index is 7.51. The van der Waals surface area contributed by atoms with E-state index in [1.165, 1.54) is 0 Å². The molecular weight excluding hydrogens is 146 g/mol. The van der Waals surface area contributed by atoms with Crippen LogP contribution < -0.4 is 4.57 Å². The van der Waals surface area contributed by atoms with Crippen LogP contribution in [0, 0.1) is 6.85 Å². The summed E-state index contributed by atoms with van der Waals surface area (Å²) in [5.41, 5.74) is 1.14. The van der Waals surface area contributed by atoms with Crippen molar-refractivity contribution in [2.24, 2.45) is 7.05 Å². The molecule has 0 saturated heterocycles. The van der Waals surface area contributed by atoms with Gasteiger partial charge in [-0.2, -0.15) is 0 Å². The lowest BCUT2D eigenvalue weighted by atomic mass is 9.88. The molecule has 0 saturated carbocycles. The highest BCUT2D eigenvalue weighted by molar-refractivity contribution is 5.19. The van der Waals surface area contributed by atoms with Gasteiger partial charge in [-0.1, -0.05) is 20.8 Å². The van der Waals surface area contributed by atoms with Crippen LogP contribution in [0.1, 0.15) is 36.1 Å². The summed E-state index contributed by atoms with van der Waals surface area (Å²) in [4.78, 5) is 0. The fraction of sp³-hybridized carbons (Fsp3) is 0.545. The molecule has 0 aliphatic heterocycles. The van der Waals surface area contributed by atoms with Crippen LogP contribution >= 0.6 is 0 Å². The van der Waals surface area contributed by atoms with Crippen LogP contribution in [0.15, 0.2) is 18.3 Å². The lowest BCUT2D eigenvalue weighted by Crippen LogP contribution is -2.40. The Kier molecular flexibility index (Phi) is 1.38. The van der Waals surface area contributed by atoms with Crippen molar-refractivity contribution < 1.29 is 8.68 Å². The van der Waals surface area contributed by atoms with E-state index in [0.29, 0.717) is 5.56 Å². The molecule has 66 valence electrons. The molecule has 1 aromatic heterocycles. The Bertz CT molecular complexity index is 361. The van der Waals surface area contributed by atoms with E-state index < -0.39 is 6.85 Å². The van der Waals surface area contributed by atoms with Crippen molar-refractivity contribution >= 4 is 0 Å². The van der Waals surface area contributed by atoms with Gasteiger partial charge in [0.25, 0.3) is 0 Å². The van der Waals surface area contributed by atoms with Crippen molar-refractivity contribution in [1.82, 2.24) is 0 Å².